The first-order valence-electron chi connectivity index (χ1n) is 6.80. The van der Waals surface area contributed by atoms with Crippen LogP contribution in [0.15, 0.2) is 23.6 Å². The number of anilines is 2. The topological polar surface area (TPSA) is 62.2 Å². The highest BCUT2D eigenvalue weighted by Crippen LogP contribution is 2.37. The van der Waals surface area contributed by atoms with Gasteiger partial charge in [-0.3, -0.25) is 4.79 Å². The van der Waals surface area contributed by atoms with E-state index in [1.807, 2.05) is 0 Å². The van der Waals surface area contributed by atoms with E-state index in [2.05, 4.69) is 10.3 Å². The number of aromatic nitrogens is 1. The van der Waals surface area contributed by atoms with Crippen molar-refractivity contribution in [1.29, 1.82) is 0 Å². The summed E-state index contributed by atoms with van der Waals surface area (Å²) in [5, 5.41) is 13.4. The zero-order chi connectivity index (χ0) is 18.1. The van der Waals surface area contributed by atoms with Crippen LogP contribution in [0, 0.1) is 0 Å². The van der Waals surface area contributed by atoms with Gasteiger partial charge >= 0.3 is 12.1 Å². The summed E-state index contributed by atoms with van der Waals surface area (Å²) in [6.07, 6.45) is -4.65. The number of aliphatic carboxylic acids is 1. The Morgan fingerprint density at radius 1 is 1.38 bits per heavy atom. The Morgan fingerprint density at radius 2 is 2.04 bits per heavy atom. The molecule has 130 valence electrons. The van der Waals surface area contributed by atoms with E-state index in [-0.39, 0.29) is 17.1 Å². The molecule has 4 nitrogen and oxygen atoms in total. The van der Waals surface area contributed by atoms with E-state index in [1.54, 1.807) is 19.2 Å². The molecule has 9 heteroatoms. The molecule has 0 aliphatic rings. The maximum absolute atomic E-state index is 12.9. The van der Waals surface area contributed by atoms with E-state index in [0.29, 0.717) is 10.8 Å². The first-order chi connectivity index (χ1) is 11.0. The minimum atomic E-state index is -4.55. The number of nitrogens with zero attached hydrogens (tertiary/aromatic N) is 1. The minimum absolute atomic E-state index is 0.102. The molecule has 2 rings (SSSR count). The molecule has 0 atom stereocenters. The number of carboxylic acid groups (broad SMARTS) is 1. The lowest BCUT2D eigenvalue weighted by Crippen LogP contribution is -2.22. The maximum Gasteiger partial charge on any atom is 0.417 e. The van der Waals surface area contributed by atoms with E-state index >= 15 is 0 Å². The molecule has 2 aromatic rings. The predicted octanol–water partition coefficient (Wildman–Crippen LogP) is 5.31. The molecular formula is C15H14ClF3N2O2S. The van der Waals surface area contributed by atoms with Crippen LogP contribution in [-0.2, 0) is 16.4 Å². The number of rotatable bonds is 5. The average molecular weight is 379 g/mol. The number of thiazole rings is 1. The molecule has 0 saturated heterocycles. The van der Waals surface area contributed by atoms with Crippen LogP contribution in [0.5, 0.6) is 0 Å². The quantitative estimate of drug-likeness (QED) is 0.740. The molecule has 0 aliphatic carbocycles. The molecule has 0 fully saturated rings. The van der Waals surface area contributed by atoms with Crippen LogP contribution in [-0.4, -0.2) is 16.1 Å². The van der Waals surface area contributed by atoms with Crippen molar-refractivity contribution in [3.63, 3.8) is 0 Å². The Morgan fingerprint density at radius 3 is 2.62 bits per heavy atom. The number of hydrogen-bond acceptors (Lipinski definition) is 4. The van der Waals surface area contributed by atoms with Crippen LogP contribution in [0.4, 0.5) is 24.0 Å². The van der Waals surface area contributed by atoms with E-state index in [4.69, 9.17) is 16.7 Å². The van der Waals surface area contributed by atoms with Gasteiger partial charge in [0, 0.05) is 16.5 Å². The van der Waals surface area contributed by atoms with E-state index in [0.717, 1.165) is 12.1 Å². The summed E-state index contributed by atoms with van der Waals surface area (Å²) in [7, 11) is 0. The van der Waals surface area contributed by atoms with E-state index in [1.165, 1.54) is 17.4 Å². The smallest absolute Gasteiger partial charge is 0.417 e. The van der Waals surface area contributed by atoms with Crippen LogP contribution in [0.1, 0.15) is 31.5 Å². The summed E-state index contributed by atoms with van der Waals surface area (Å²) < 4.78 is 38.6. The third-order valence-corrected chi connectivity index (χ3v) is 4.40. The molecule has 0 spiro atoms. The molecule has 0 amide bonds. The summed E-state index contributed by atoms with van der Waals surface area (Å²) in [5.41, 5.74) is -0.859. The van der Waals surface area contributed by atoms with Crippen molar-refractivity contribution in [1.82, 2.24) is 4.98 Å². The Labute approximate surface area is 145 Å². The van der Waals surface area contributed by atoms with Crippen molar-refractivity contribution in [2.24, 2.45) is 0 Å². The lowest BCUT2D eigenvalue weighted by atomic mass is 9.86. The van der Waals surface area contributed by atoms with Crippen molar-refractivity contribution < 1.29 is 23.1 Å². The van der Waals surface area contributed by atoms with Crippen molar-refractivity contribution in [2.45, 2.75) is 31.9 Å². The lowest BCUT2D eigenvalue weighted by Gasteiger charge is -2.19. The SMILES string of the molecule is CC(C)(CC(=O)O)c1csc(Nc2ccc(Cl)c(C(F)(F)F)c2)n1. The van der Waals surface area contributed by atoms with Crippen LogP contribution in [0.25, 0.3) is 0 Å². The molecule has 24 heavy (non-hydrogen) atoms. The van der Waals surface area contributed by atoms with Crippen molar-refractivity contribution in [3.05, 3.63) is 39.9 Å². The number of halogens is 4. The summed E-state index contributed by atoms with van der Waals surface area (Å²) in [4.78, 5) is 15.2. The van der Waals surface area contributed by atoms with E-state index < -0.39 is 23.1 Å². The largest absolute Gasteiger partial charge is 0.481 e. The van der Waals surface area contributed by atoms with Crippen molar-refractivity contribution in [2.75, 3.05) is 5.32 Å². The normalized spacial score (nSPS) is 12.2. The zero-order valence-electron chi connectivity index (χ0n) is 12.7. The summed E-state index contributed by atoms with van der Waals surface area (Å²) in [5.74, 6) is -0.949. The minimum Gasteiger partial charge on any atom is -0.481 e. The number of nitrogens with one attached hydrogen (secondary N) is 1. The second-order valence-electron chi connectivity index (χ2n) is 5.81. The fourth-order valence-electron chi connectivity index (χ4n) is 2.05. The molecular weight excluding hydrogens is 365 g/mol. The molecule has 1 aromatic carbocycles. The van der Waals surface area contributed by atoms with Crippen LogP contribution in [0.3, 0.4) is 0 Å². The second-order valence-corrected chi connectivity index (χ2v) is 7.07. The standard InChI is InChI=1S/C15H14ClF3N2O2S/c1-14(2,6-12(22)23)11-7-24-13(21-11)20-8-3-4-10(16)9(5-8)15(17,18)19/h3-5,7H,6H2,1-2H3,(H,20,21)(H,22,23). The highest BCUT2D eigenvalue weighted by Gasteiger charge is 2.33. The molecule has 0 bridgehead atoms. The maximum atomic E-state index is 12.9. The number of alkyl halides is 3. The molecule has 0 unspecified atom stereocenters. The number of hydrogen-bond donors (Lipinski definition) is 2. The Balaban J connectivity index is 2.23. The Hall–Kier alpha value is -1.80. The summed E-state index contributed by atoms with van der Waals surface area (Å²) in [6.45, 7) is 3.48. The fourth-order valence-corrected chi connectivity index (χ4v) is 3.20. The third kappa shape index (κ3) is 4.39. The van der Waals surface area contributed by atoms with Gasteiger partial charge in [0.15, 0.2) is 5.13 Å². The molecule has 0 radical (unpaired) electrons. The predicted molar refractivity (Wildman–Crippen MR) is 87.1 cm³/mol. The fraction of sp³-hybridized carbons (Fsp3) is 0.333. The van der Waals surface area contributed by atoms with Gasteiger partial charge in [-0.05, 0) is 18.2 Å². The summed E-state index contributed by atoms with van der Waals surface area (Å²) in [6, 6.07) is 3.49. The number of carbonyl (C=O) groups is 1. The second kappa shape index (κ2) is 6.60. The lowest BCUT2D eigenvalue weighted by molar-refractivity contribution is -0.138. The molecule has 1 heterocycles. The number of benzene rings is 1. The van der Waals surface area contributed by atoms with Gasteiger partial charge < -0.3 is 10.4 Å². The monoisotopic (exact) mass is 378 g/mol. The van der Waals surface area contributed by atoms with Crippen LogP contribution >= 0.6 is 22.9 Å². The van der Waals surface area contributed by atoms with Gasteiger partial charge in [-0.25, -0.2) is 4.98 Å². The first-order valence-corrected chi connectivity index (χ1v) is 8.06. The molecule has 0 aliphatic heterocycles. The van der Waals surface area contributed by atoms with Crippen LogP contribution < -0.4 is 5.32 Å². The average Bonchev–Trinajstić information content (AvgIpc) is 2.87. The van der Waals surface area contributed by atoms with Crippen LogP contribution in [0.2, 0.25) is 5.02 Å². The van der Waals surface area contributed by atoms with Gasteiger partial charge in [0.05, 0.1) is 22.7 Å². The highest BCUT2D eigenvalue weighted by molar-refractivity contribution is 7.13. The van der Waals surface area contributed by atoms with Gasteiger partial charge in [-0.15, -0.1) is 11.3 Å². The number of carboxylic acids is 1. The summed E-state index contributed by atoms with van der Waals surface area (Å²) >= 11 is 6.77. The van der Waals surface area contributed by atoms with Gasteiger partial charge in [0.1, 0.15) is 0 Å². The highest BCUT2D eigenvalue weighted by atomic mass is 35.5. The van der Waals surface area contributed by atoms with Gasteiger partial charge in [-0.1, -0.05) is 25.4 Å². The first kappa shape index (κ1) is 18.5. The molecule has 1 aromatic heterocycles. The molecule has 0 saturated carbocycles. The van der Waals surface area contributed by atoms with Gasteiger partial charge in [-0.2, -0.15) is 13.2 Å². The molecule has 2 N–H and O–H groups in total. The third-order valence-electron chi connectivity index (χ3n) is 3.31. The van der Waals surface area contributed by atoms with Gasteiger partial charge in [0.25, 0.3) is 0 Å². The van der Waals surface area contributed by atoms with Crippen molar-refractivity contribution >= 4 is 39.7 Å². The van der Waals surface area contributed by atoms with Crippen molar-refractivity contribution in [3.8, 4) is 0 Å². The Kier molecular flexibility index (Phi) is 5.10. The zero-order valence-corrected chi connectivity index (χ0v) is 14.3. The van der Waals surface area contributed by atoms with E-state index in [9.17, 15) is 18.0 Å². The van der Waals surface area contributed by atoms with Gasteiger partial charge in [0.2, 0.25) is 0 Å². The Bertz CT molecular complexity index is 759.